The topological polar surface area (TPSA) is 37.3 Å². The molecule has 0 aromatic carbocycles. The summed E-state index contributed by atoms with van der Waals surface area (Å²) in [4.78, 5) is 10.7. The van der Waals surface area contributed by atoms with Crippen LogP contribution in [0.2, 0.25) is 0 Å². The third kappa shape index (κ3) is 13.1. The Morgan fingerprint density at radius 2 is 1.80 bits per heavy atom. The van der Waals surface area contributed by atoms with E-state index in [2.05, 4.69) is 25.7 Å². The molecule has 0 saturated heterocycles. The summed E-state index contributed by atoms with van der Waals surface area (Å²) in [7, 11) is 0. The number of rotatable bonds is 13. The SMILES string of the molecule is C=CC=CC=CCCCCCCCC(CC)CC(=O)O. The van der Waals surface area contributed by atoms with E-state index in [4.69, 9.17) is 5.11 Å². The van der Waals surface area contributed by atoms with Gasteiger partial charge >= 0.3 is 5.97 Å². The van der Waals surface area contributed by atoms with Gasteiger partial charge in [0.1, 0.15) is 0 Å². The van der Waals surface area contributed by atoms with Crippen LogP contribution in [0, 0.1) is 5.92 Å². The van der Waals surface area contributed by atoms with E-state index in [-0.39, 0.29) is 0 Å². The molecular weight excluding hydrogens is 248 g/mol. The Hall–Kier alpha value is -1.31. The Morgan fingerprint density at radius 1 is 1.10 bits per heavy atom. The molecule has 20 heavy (non-hydrogen) atoms. The first-order valence-corrected chi connectivity index (χ1v) is 7.86. The van der Waals surface area contributed by atoms with Crippen molar-refractivity contribution >= 4 is 5.97 Å². The Balaban J connectivity index is 3.39. The summed E-state index contributed by atoms with van der Waals surface area (Å²) in [5.74, 6) is -0.291. The highest BCUT2D eigenvalue weighted by atomic mass is 16.4. The molecule has 0 spiro atoms. The van der Waals surface area contributed by atoms with Crippen molar-refractivity contribution in [2.45, 2.75) is 64.7 Å². The summed E-state index contributed by atoms with van der Waals surface area (Å²) in [6, 6.07) is 0. The Bertz CT molecular complexity index is 303. The Morgan fingerprint density at radius 3 is 2.45 bits per heavy atom. The second-order valence-corrected chi connectivity index (χ2v) is 5.27. The normalized spacial score (nSPS) is 13.1. The first-order valence-electron chi connectivity index (χ1n) is 7.86. The van der Waals surface area contributed by atoms with Crippen LogP contribution in [-0.4, -0.2) is 11.1 Å². The van der Waals surface area contributed by atoms with Gasteiger partial charge in [-0.25, -0.2) is 0 Å². The number of unbranched alkanes of at least 4 members (excludes halogenated alkanes) is 5. The van der Waals surface area contributed by atoms with Gasteiger partial charge < -0.3 is 5.11 Å². The predicted octanol–water partition coefficient (Wildman–Crippen LogP) is 5.52. The van der Waals surface area contributed by atoms with Crippen molar-refractivity contribution in [2.24, 2.45) is 5.92 Å². The average molecular weight is 278 g/mol. The molecule has 0 heterocycles. The predicted molar refractivity (Wildman–Crippen MR) is 86.8 cm³/mol. The highest BCUT2D eigenvalue weighted by Crippen LogP contribution is 2.18. The van der Waals surface area contributed by atoms with E-state index in [1.165, 1.54) is 32.1 Å². The molecule has 0 aliphatic rings. The molecule has 0 amide bonds. The molecule has 0 rings (SSSR count). The zero-order valence-corrected chi connectivity index (χ0v) is 12.9. The van der Waals surface area contributed by atoms with E-state index in [1.807, 2.05) is 12.2 Å². The summed E-state index contributed by atoms with van der Waals surface area (Å²) in [5, 5.41) is 8.78. The number of carboxylic acid groups (broad SMARTS) is 1. The molecule has 0 aliphatic carbocycles. The van der Waals surface area contributed by atoms with Gasteiger partial charge in [-0.2, -0.15) is 0 Å². The number of hydrogen-bond acceptors (Lipinski definition) is 1. The number of carbonyl (C=O) groups is 1. The second-order valence-electron chi connectivity index (χ2n) is 5.27. The lowest BCUT2D eigenvalue weighted by atomic mass is 9.95. The van der Waals surface area contributed by atoms with Crippen molar-refractivity contribution in [3.8, 4) is 0 Å². The standard InChI is InChI=1S/C18H30O2/c1-3-5-6-7-8-9-10-11-12-13-14-15-17(4-2)16-18(19)20/h3,5-8,17H,1,4,9-16H2,2H3,(H,19,20). The molecule has 0 aromatic heterocycles. The third-order valence-corrected chi connectivity index (χ3v) is 3.52. The van der Waals surface area contributed by atoms with Crippen molar-refractivity contribution in [3.05, 3.63) is 37.0 Å². The van der Waals surface area contributed by atoms with E-state index >= 15 is 0 Å². The molecular formula is C18H30O2. The largest absolute Gasteiger partial charge is 0.481 e. The lowest BCUT2D eigenvalue weighted by Crippen LogP contribution is -2.06. The van der Waals surface area contributed by atoms with Crippen molar-refractivity contribution in [1.82, 2.24) is 0 Å². The summed E-state index contributed by atoms with van der Waals surface area (Å²) in [6.45, 7) is 5.70. The van der Waals surface area contributed by atoms with Gasteiger partial charge in [0.15, 0.2) is 0 Å². The molecule has 0 aromatic rings. The minimum Gasteiger partial charge on any atom is -0.481 e. The summed E-state index contributed by atoms with van der Waals surface area (Å²) in [5.41, 5.74) is 0. The fourth-order valence-corrected chi connectivity index (χ4v) is 2.24. The second kappa shape index (κ2) is 14.1. The quantitative estimate of drug-likeness (QED) is 0.356. The molecule has 2 nitrogen and oxygen atoms in total. The highest BCUT2D eigenvalue weighted by Gasteiger charge is 2.10. The minimum absolute atomic E-state index is 0.333. The maximum Gasteiger partial charge on any atom is 0.303 e. The Kier molecular flexibility index (Phi) is 13.2. The monoisotopic (exact) mass is 278 g/mol. The van der Waals surface area contributed by atoms with Crippen LogP contribution in [0.15, 0.2) is 37.0 Å². The number of aliphatic carboxylic acids is 1. The maximum absolute atomic E-state index is 10.7. The van der Waals surface area contributed by atoms with E-state index < -0.39 is 5.97 Å². The van der Waals surface area contributed by atoms with Crippen LogP contribution in [0.5, 0.6) is 0 Å². The van der Waals surface area contributed by atoms with Gasteiger partial charge in [-0.3, -0.25) is 4.79 Å². The molecule has 1 unspecified atom stereocenters. The molecule has 2 heteroatoms. The van der Waals surface area contributed by atoms with Crippen LogP contribution in [-0.2, 0) is 4.79 Å². The van der Waals surface area contributed by atoms with Gasteiger partial charge in [0.05, 0.1) is 0 Å². The van der Waals surface area contributed by atoms with E-state index in [9.17, 15) is 4.79 Å². The van der Waals surface area contributed by atoms with E-state index in [0.717, 1.165) is 19.3 Å². The fourth-order valence-electron chi connectivity index (χ4n) is 2.24. The van der Waals surface area contributed by atoms with Gasteiger partial charge in [-0.05, 0) is 25.2 Å². The molecule has 0 saturated carbocycles. The molecule has 0 radical (unpaired) electrons. The molecule has 1 atom stereocenters. The van der Waals surface area contributed by atoms with Crippen molar-refractivity contribution < 1.29 is 9.90 Å². The molecule has 0 bridgehead atoms. The smallest absolute Gasteiger partial charge is 0.303 e. The van der Waals surface area contributed by atoms with Crippen LogP contribution < -0.4 is 0 Å². The van der Waals surface area contributed by atoms with E-state index in [0.29, 0.717) is 12.3 Å². The van der Waals surface area contributed by atoms with Crippen molar-refractivity contribution in [3.63, 3.8) is 0 Å². The van der Waals surface area contributed by atoms with Crippen molar-refractivity contribution in [1.29, 1.82) is 0 Å². The number of allylic oxidation sites excluding steroid dienone is 5. The number of carboxylic acids is 1. The van der Waals surface area contributed by atoms with Gasteiger partial charge in [-0.1, -0.05) is 76.0 Å². The maximum atomic E-state index is 10.7. The summed E-state index contributed by atoms with van der Waals surface area (Å²) in [6.07, 6.45) is 19.7. The molecule has 1 N–H and O–H groups in total. The zero-order chi connectivity index (χ0) is 15.1. The van der Waals surface area contributed by atoms with Crippen LogP contribution in [0.4, 0.5) is 0 Å². The lowest BCUT2D eigenvalue weighted by Gasteiger charge is -2.11. The summed E-state index contributed by atoms with van der Waals surface area (Å²) >= 11 is 0. The summed E-state index contributed by atoms with van der Waals surface area (Å²) < 4.78 is 0. The Labute approximate surface area is 124 Å². The average Bonchev–Trinajstić information content (AvgIpc) is 2.43. The van der Waals surface area contributed by atoms with Gasteiger partial charge in [-0.15, -0.1) is 0 Å². The minimum atomic E-state index is -0.658. The zero-order valence-electron chi connectivity index (χ0n) is 12.9. The van der Waals surface area contributed by atoms with Crippen LogP contribution in [0.25, 0.3) is 0 Å². The first kappa shape index (κ1) is 18.7. The third-order valence-electron chi connectivity index (χ3n) is 3.52. The lowest BCUT2D eigenvalue weighted by molar-refractivity contribution is -0.138. The first-order chi connectivity index (χ1) is 9.70. The van der Waals surface area contributed by atoms with Crippen LogP contribution in [0.1, 0.15) is 64.7 Å². The van der Waals surface area contributed by atoms with Gasteiger partial charge in [0.25, 0.3) is 0 Å². The van der Waals surface area contributed by atoms with Crippen LogP contribution in [0.3, 0.4) is 0 Å². The molecule has 114 valence electrons. The van der Waals surface area contributed by atoms with E-state index in [1.54, 1.807) is 6.08 Å². The molecule has 0 fully saturated rings. The highest BCUT2D eigenvalue weighted by molar-refractivity contribution is 5.66. The van der Waals surface area contributed by atoms with Crippen LogP contribution >= 0.6 is 0 Å². The van der Waals surface area contributed by atoms with Crippen molar-refractivity contribution in [2.75, 3.05) is 0 Å². The number of hydrogen-bond donors (Lipinski definition) is 1. The van der Waals surface area contributed by atoms with Gasteiger partial charge in [0, 0.05) is 6.42 Å². The van der Waals surface area contributed by atoms with Gasteiger partial charge in [0.2, 0.25) is 0 Å². The molecule has 0 aliphatic heterocycles. The fraction of sp³-hybridized carbons (Fsp3) is 0.611.